The Kier molecular flexibility index (Phi) is 2.88. The van der Waals surface area contributed by atoms with Crippen LogP contribution in [0.1, 0.15) is 27.7 Å². The van der Waals surface area contributed by atoms with Crippen LogP contribution in [0.15, 0.2) is 0 Å². The lowest BCUT2D eigenvalue weighted by Crippen LogP contribution is -2.26. The second-order valence-electron chi connectivity index (χ2n) is 3.43. The predicted molar refractivity (Wildman–Crippen MR) is 40.4 cm³/mol. The molecule has 1 unspecified atom stereocenters. The Hall–Kier alpha value is -0.530. The van der Waals surface area contributed by atoms with Gasteiger partial charge >= 0.3 is 5.97 Å². The van der Waals surface area contributed by atoms with Crippen LogP contribution >= 0.6 is 0 Å². The quantitative estimate of drug-likeness (QED) is 0.523. The minimum atomic E-state index is -0.386. The van der Waals surface area contributed by atoms with Crippen LogP contribution in [0.2, 0.25) is 0 Å². The fourth-order valence-electron chi connectivity index (χ4n) is 0.402. The Morgan fingerprint density at radius 3 is 2.00 bits per heavy atom. The molecule has 0 spiro atoms. The monoisotopic (exact) mass is 143 g/mol. The van der Waals surface area contributed by atoms with Crippen molar-refractivity contribution in [3.63, 3.8) is 0 Å². The average Bonchev–Trinajstić information content (AvgIpc) is 1.60. The molecule has 1 atom stereocenters. The molecule has 1 radical (unpaired) electrons. The minimum absolute atomic E-state index is 0.243. The van der Waals surface area contributed by atoms with Crippen molar-refractivity contribution in [1.29, 1.82) is 0 Å². The largest absolute Gasteiger partial charge is 0.460 e. The average molecular weight is 143 g/mol. The van der Waals surface area contributed by atoms with Crippen molar-refractivity contribution < 1.29 is 9.53 Å². The lowest BCUT2D eigenvalue weighted by Gasteiger charge is -2.20. The van der Waals surface area contributed by atoms with Crippen LogP contribution in [-0.4, -0.2) is 11.6 Å². The van der Waals surface area contributed by atoms with Crippen molar-refractivity contribution in [2.45, 2.75) is 33.3 Å². The summed E-state index contributed by atoms with van der Waals surface area (Å²) in [5, 5.41) is 0. The Morgan fingerprint density at radius 2 is 1.90 bits per heavy atom. The summed E-state index contributed by atoms with van der Waals surface area (Å²) >= 11 is 0. The number of hydrogen-bond donors (Lipinski definition) is 0. The molecule has 10 heavy (non-hydrogen) atoms. The fraction of sp³-hybridized carbons (Fsp3) is 0.750. The van der Waals surface area contributed by atoms with E-state index in [0.29, 0.717) is 0 Å². The van der Waals surface area contributed by atoms with Gasteiger partial charge in [0, 0.05) is 0 Å². The molecule has 2 nitrogen and oxygen atoms in total. The first-order valence-corrected chi connectivity index (χ1v) is 3.39. The maximum atomic E-state index is 10.9. The van der Waals surface area contributed by atoms with E-state index in [2.05, 4.69) is 6.92 Å². The lowest BCUT2D eigenvalue weighted by molar-refractivity contribution is -0.157. The van der Waals surface area contributed by atoms with Gasteiger partial charge in [-0.3, -0.25) is 4.79 Å². The van der Waals surface area contributed by atoms with Gasteiger partial charge < -0.3 is 4.74 Å². The van der Waals surface area contributed by atoms with Gasteiger partial charge in [-0.05, 0) is 27.7 Å². The first-order valence-electron chi connectivity index (χ1n) is 3.39. The Bertz CT molecular complexity index is 120. The van der Waals surface area contributed by atoms with Gasteiger partial charge in [0.15, 0.2) is 0 Å². The number of carbonyl (C=O) groups excluding carboxylic acids is 1. The van der Waals surface area contributed by atoms with Crippen molar-refractivity contribution in [2.75, 3.05) is 0 Å². The summed E-state index contributed by atoms with van der Waals surface area (Å²) in [5.74, 6) is -0.522. The summed E-state index contributed by atoms with van der Waals surface area (Å²) in [4.78, 5) is 10.9. The van der Waals surface area contributed by atoms with Crippen molar-refractivity contribution in [2.24, 2.45) is 5.92 Å². The molecule has 2 heteroatoms. The van der Waals surface area contributed by atoms with Crippen molar-refractivity contribution in [1.82, 2.24) is 0 Å². The zero-order valence-electron chi connectivity index (χ0n) is 7.10. The van der Waals surface area contributed by atoms with Gasteiger partial charge in [0.2, 0.25) is 0 Å². The topological polar surface area (TPSA) is 26.3 Å². The molecule has 0 N–H and O–H groups in total. The first kappa shape index (κ1) is 9.47. The molecule has 0 saturated heterocycles. The van der Waals surface area contributed by atoms with Gasteiger partial charge in [0.25, 0.3) is 0 Å². The second kappa shape index (κ2) is 3.04. The highest BCUT2D eigenvalue weighted by molar-refractivity contribution is 5.72. The standard InChI is InChI=1S/C8H15O2/c1-6(2)7(9)10-8(3,4)5/h6H,1H2,2-5H3. The third kappa shape index (κ3) is 4.36. The van der Waals surface area contributed by atoms with Crippen LogP contribution in [-0.2, 0) is 9.53 Å². The predicted octanol–water partition coefficient (Wildman–Crippen LogP) is 1.80. The van der Waals surface area contributed by atoms with Gasteiger partial charge in [-0.15, -0.1) is 0 Å². The van der Waals surface area contributed by atoms with E-state index in [-0.39, 0.29) is 17.5 Å². The molecule has 0 aromatic rings. The van der Waals surface area contributed by atoms with Crippen LogP contribution in [0.4, 0.5) is 0 Å². The molecule has 0 aliphatic heterocycles. The van der Waals surface area contributed by atoms with E-state index in [0.717, 1.165) is 0 Å². The summed E-state index contributed by atoms with van der Waals surface area (Å²) in [6, 6.07) is 0. The number of hydrogen-bond acceptors (Lipinski definition) is 2. The number of esters is 1. The zero-order valence-corrected chi connectivity index (χ0v) is 7.10. The van der Waals surface area contributed by atoms with Crippen LogP contribution in [0.25, 0.3) is 0 Å². The lowest BCUT2D eigenvalue weighted by atomic mass is 10.1. The van der Waals surface area contributed by atoms with Crippen molar-refractivity contribution >= 4 is 5.97 Å². The van der Waals surface area contributed by atoms with E-state index in [1.165, 1.54) is 0 Å². The molecule has 0 aliphatic rings. The van der Waals surface area contributed by atoms with Crippen LogP contribution in [0.3, 0.4) is 0 Å². The normalized spacial score (nSPS) is 11.8. The van der Waals surface area contributed by atoms with Gasteiger partial charge in [0.05, 0.1) is 5.92 Å². The highest BCUT2D eigenvalue weighted by Crippen LogP contribution is 2.09. The molecule has 0 bridgehead atoms. The Balaban J connectivity index is 3.81. The molecule has 59 valence electrons. The highest BCUT2D eigenvalue weighted by atomic mass is 16.6. The molecule has 0 aliphatic carbocycles. The van der Waals surface area contributed by atoms with Gasteiger partial charge in [0.1, 0.15) is 5.60 Å². The number of rotatable bonds is 1. The van der Waals surface area contributed by atoms with Gasteiger partial charge in [-0.2, -0.15) is 0 Å². The number of ether oxygens (including phenoxy) is 1. The summed E-state index contributed by atoms with van der Waals surface area (Å²) < 4.78 is 5.00. The summed E-state index contributed by atoms with van der Waals surface area (Å²) in [5.41, 5.74) is -0.386. The van der Waals surface area contributed by atoms with E-state index in [1.807, 2.05) is 20.8 Å². The van der Waals surface area contributed by atoms with E-state index in [9.17, 15) is 4.79 Å². The molecule has 0 saturated carbocycles. The van der Waals surface area contributed by atoms with Crippen molar-refractivity contribution in [3.05, 3.63) is 6.92 Å². The van der Waals surface area contributed by atoms with Gasteiger partial charge in [-0.25, -0.2) is 0 Å². The third-order valence-corrected chi connectivity index (χ3v) is 0.809. The Labute approximate surface area is 62.6 Å². The van der Waals surface area contributed by atoms with Crippen LogP contribution in [0, 0.1) is 12.8 Å². The smallest absolute Gasteiger partial charge is 0.309 e. The molecule has 0 rings (SSSR count). The molecule has 0 aromatic heterocycles. The maximum Gasteiger partial charge on any atom is 0.309 e. The van der Waals surface area contributed by atoms with Crippen LogP contribution < -0.4 is 0 Å². The molecule has 0 aromatic carbocycles. The van der Waals surface area contributed by atoms with Crippen LogP contribution in [0.5, 0.6) is 0 Å². The van der Waals surface area contributed by atoms with Gasteiger partial charge in [-0.1, -0.05) is 6.92 Å². The van der Waals surface area contributed by atoms with E-state index in [4.69, 9.17) is 4.74 Å². The molecule has 0 heterocycles. The second-order valence-corrected chi connectivity index (χ2v) is 3.43. The molecule has 0 fully saturated rings. The fourth-order valence-corrected chi connectivity index (χ4v) is 0.402. The zero-order chi connectivity index (χ0) is 8.36. The molecular weight excluding hydrogens is 128 g/mol. The third-order valence-electron chi connectivity index (χ3n) is 0.809. The minimum Gasteiger partial charge on any atom is -0.460 e. The first-order chi connectivity index (χ1) is 4.33. The van der Waals surface area contributed by atoms with E-state index >= 15 is 0 Å². The Morgan fingerprint density at radius 1 is 1.50 bits per heavy atom. The maximum absolute atomic E-state index is 10.9. The van der Waals surface area contributed by atoms with E-state index < -0.39 is 0 Å². The summed E-state index contributed by atoms with van der Waals surface area (Å²) in [6.45, 7) is 10.8. The molecule has 0 amide bonds. The number of carbonyl (C=O) groups is 1. The SMILES string of the molecule is [CH2]C(C)C(=O)OC(C)(C)C. The van der Waals surface area contributed by atoms with Crippen molar-refractivity contribution in [3.8, 4) is 0 Å². The highest BCUT2D eigenvalue weighted by Gasteiger charge is 2.18. The summed E-state index contributed by atoms with van der Waals surface area (Å²) in [6.07, 6.45) is 0. The summed E-state index contributed by atoms with van der Waals surface area (Å²) in [7, 11) is 0. The molecular formula is C8H15O2. The van der Waals surface area contributed by atoms with E-state index in [1.54, 1.807) is 6.92 Å².